The van der Waals surface area contributed by atoms with Crippen molar-refractivity contribution in [2.75, 3.05) is 5.32 Å². The van der Waals surface area contributed by atoms with Gasteiger partial charge in [0.15, 0.2) is 5.13 Å². The number of thiazole rings is 1. The van der Waals surface area contributed by atoms with Gasteiger partial charge in [0.1, 0.15) is 0 Å². The third-order valence-corrected chi connectivity index (χ3v) is 5.29. The maximum atomic E-state index is 12.4. The van der Waals surface area contributed by atoms with Gasteiger partial charge >= 0.3 is 0 Å². The van der Waals surface area contributed by atoms with E-state index in [0.29, 0.717) is 15.0 Å². The number of carbonyl (C=O) groups is 1. The quantitative estimate of drug-likeness (QED) is 0.657. The number of thiophene rings is 1. The summed E-state index contributed by atoms with van der Waals surface area (Å²) in [6.07, 6.45) is 0. The zero-order chi connectivity index (χ0) is 15.9. The molecule has 2 aromatic heterocycles. The Labute approximate surface area is 142 Å². The standard InChI is InChI=1S/C16H15ClN2OS2/c1-16(2,3)13-8-21-15(18-13)19-14(20)12-6-9-4-5-10(17)7-11(9)22-12/h4-8H,1-3H3,(H,18,19,20). The maximum absolute atomic E-state index is 12.4. The second-order valence-electron chi connectivity index (χ2n) is 6.03. The summed E-state index contributed by atoms with van der Waals surface area (Å²) < 4.78 is 1.01. The Bertz CT molecular complexity index is 845. The number of fused-ring (bicyclic) bond motifs is 1. The van der Waals surface area contributed by atoms with E-state index in [0.717, 1.165) is 15.8 Å². The highest BCUT2D eigenvalue weighted by atomic mass is 35.5. The fraction of sp³-hybridized carbons (Fsp3) is 0.250. The SMILES string of the molecule is CC(C)(C)c1csc(NC(=O)c2cc3ccc(Cl)cc3s2)n1. The highest BCUT2D eigenvalue weighted by Crippen LogP contribution is 2.30. The molecule has 1 aromatic carbocycles. The van der Waals surface area contributed by atoms with Crippen molar-refractivity contribution in [1.82, 2.24) is 4.98 Å². The lowest BCUT2D eigenvalue weighted by Gasteiger charge is -2.14. The van der Waals surface area contributed by atoms with E-state index >= 15 is 0 Å². The van der Waals surface area contributed by atoms with Crippen LogP contribution in [-0.4, -0.2) is 10.9 Å². The smallest absolute Gasteiger partial charge is 0.267 e. The van der Waals surface area contributed by atoms with Crippen molar-refractivity contribution < 1.29 is 4.79 Å². The van der Waals surface area contributed by atoms with Crippen LogP contribution in [0, 0.1) is 0 Å². The molecule has 2 heterocycles. The van der Waals surface area contributed by atoms with Crippen molar-refractivity contribution in [3.63, 3.8) is 0 Å². The Morgan fingerprint density at radius 2 is 2.05 bits per heavy atom. The fourth-order valence-corrected chi connectivity index (χ4v) is 4.12. The van der Waals surface area contributed by atoms with Gasteiger partial charge in [-0.25, -0.2) is 4.98 Å². The van der Waals surface area contributed by atoms with Crippen molar-refractivity contribution in [3.8, 4) is 0 Å². The summed E-state index contributed by atoms with van der Waals surface area (Å²) in [5.41, 5.74) is 0.962. The van der Waals surface area contributed by atoms with E-state index in [1.54, 1.807) is 0 Å². The molecule has 0 bridgehead atoms. The Kier molecular flexibility index (Phi) is 3.97. The molecule has 0 saturated heterocycles. The minimum Gasteiger partial charge on any atom is -0.297 e. The van der Waals surface area contributed by atoms with Crippen LogP contribution in [0.4, 0.5) is 5.13 Å². The molecule has 6 heteroatoms. The van der Waals surface area contributed by atoms with Crippen LogP contribution < -0.4 is 5.32 Å². The summed E-state index contributed by atoms with van der Waals surface area (Å²) in [5, 5.41) is 7.19. The van der Waals surface area contributed by atoms with Crippen LogP contribution in [0.1, 0.15) is 36.1 Å². The lowest BCUT2D eigenvalue weighted by atomic mass is 9.93. The number of benzene rings is 1. The molecule has 3 nitrogen and oxygen atoms in total. The predicted molar refractivity (Wildman–Crippen MR) is 95.6 cm³/mol. The Morgan fingerprint density at radius 3 is 2.73 bits per heavy atom. The first-order valence-electron chi connectivity index (χ1n) is 6.79. The number of nitrogens with zero attached hydrogens (tertiary/aromatic N) is 1. The van der Waals surface area contributed by atoms with Crippen LogP contribution in [-0.2, 0) is 5.41 Å². The van der Waals surface area contributed by atoms with Crippen LogP contribution in [0.25, 0.3) is 10.1 Å². The first-order chi connectivity index (χ1) is 10.3. The average Bonchev–Trinajstić information content (AvgIpc) is 3.03. The van der Waals surface area contributed by atoms with Crippen molar-refractivity contribution in [1.29, 1.82) is 0 Å². The van der Waals surface area contributed by atoms with Gasteiger partial charge in [0, 0.05) is 20.5 Å². The van der Waals surface area contributed by atoms with E-state index in [2.05, 4.69) is 31.1 Å². The molecule has 3 rings (SSSR count). The van der Waals surface area contributed by atoms with Crippen LogP contribution in [0.5, 0.6) is 0 Å². The molecule has 22 heavy (non-hydrogen) atoms. The normalized spacial score (nSPS) is 11.8. The monoisotopic (exact) mass is 350 g/mol. The number of nitrogens with one attached hydrogen (secondary N) is 1. The number of hydrogen-bond acceptors (Lipinski definition) is 4. The second kappa shape index (κ2) is 5.65. The first-order valence-corrected chi connectivity index (χ1v) is 8.87. The second-order valence-corrected chi connectivity index (χ2v) is 8.41. The number of anilines is 1. The molecular weight excluding hydrogens is 336 g/mol. The molecule has 0 radical (unpaired) electrons. The molecule has 0 fully saturated rings. The van der Waals surface area contributed by atoms with Gasteiger partial charge in [0.05, 0.1) is 10.6 Å². The van der Waals surface area contributed by atoms with E-state index in [4.69, 9.17) is 11.6 Å². The van der Waals surface area contributed by atoms with Crippen molar-refractivity contribution in [3.05, 3.63) is 45.2 Å². The number of rotatable bonds is 2. The van der Waals surface area contributed by atoms with Crippen LogP contribution >= 0.6 is 34.3 Å². The number of carbonyl (C=O) groups excluding carboxylic acids is 1. The molecule has 0 spiro atoms. The summed E-state index contributed by atoms with van der Waals surface area (Å²) in [7, 11) is 0. The van der Waals surface area contributed by atoms with Crippen molar-refractivity contribution in [2.24, 2.45) is 0 Å². The lowest BCUT2D eigenvalue weighted by molar-refractivity contribution is 0.103. The van der Waals surface area contributed by atoms with Gasteiger partial charge in [-0.05, 0) is 23.6 Å². The van der Waals surface area contributed by atoms with Gasteiger partial charge in [-0.2, -0.15) is 0 Å². The van der Waals surface area contributed by atoms with Crippen LogP contribution in [0.15, 0.2) is 29.6 Å². The molecule has 3 aromatic rings. The van der Waals surface area contributed by atoms with Gasteiger partial charge in [-0.15, -0.1) is 22.7 Å². The van der Waals surface area contributed by atoms with Gasteiger partial charge in [0.2, 0.25) is 0 Å². The summed E-state index contributed by atoms with van der Waals surface area (Å²) >= 11 is 8.86. The maximum Gasteiger partial charge on any atom is 0.267 e. The number of amides is 1. The van der Waals surface area contributed by atoms with E-state index in [1.165, 1.54) is 22.7 Å². The molecule has 1 N–H and O–H groups in total. The largest absolute Gasteiger partial charge is 0.297 e. The Hall–Kier alpha value is -1.43. The summed E-state index contributed by atoms with van der Waals surface area (Å²) in [6, 6.07) is 7.50. The number of halogens is 1. The van der Waals surface area contributed by atoms with E-state index in [9.17, 15) is 4.79 Å². The molecule has 0 saturated carbocycles. The Morgan fingerprint density at radius 1 is 1.27 bits per heavy atom. The minimum absolute atomic E-state index is 0.0200. The van der Waals surface area contributed by atoms with Crippen molar-refractivity contribution >= 4 is 55.4 Å². The first kappa shape index (κ1) is 15.5. The third-order valence-electron chi connectivity index (χ3n) is 3.20. The van der Waals surface area contributed by atoms with Crippen molar-refractivity contribution in [2.45, 2.75) is 26.2 Å². The zero-order valence-corrected chi connectivity index (χ0v) is 14.8. The highest BCUT2D eigenvalue weighted by Gasteiger charge is 2.19. The molecule has 0 aliphatic carbocycles. The fourth-order valence-electron chi connectivity index (χ4n) is 1.95. The molecule has 0 aliphatic rings. The van der Waals surface area contributed by atoms with E-state index in [-0.39, 0.29) is 11.3 Å². The summed E-state index contributed by atoms with van der Waals surface area (Å²) in [6.45, 7) is 6.30. The molecule has 0 atom stereocenters. The van der Waals surface area contributed by atoms with Gasteiger partial charge in [-0.1, -0.05) is 38.4 Å². The predicted octanol–water partition coefficient (Wildman–Crippen LogP) is 5.56. The summed E-state index contributed by atoms with van der Waals surface area (Å²) in [5.74, 6) is -0.132. The van der Waals surface area contributed by atoms with Gasteiger partial charge < -0.3 is 0 Å². The minimum atomic E-state index is -0.132. The number of hydrogen-bond donors (Lipinski definition) is 1. The van der Waals surface area contributed by atoms with E-state index < -0.39 is 0 Å². The highest BCUT2D eigenvalue weighted by molar-refractivity contribution is 7.21. The average molecular weight is 351 g/mol. The molecule has 114 valence electrons. The number of aromatic nitrogens is 1. The van der Waals surface area contributed by atoms with Crippen LogP contribution in [0.2, 0.25) is 5.02 Å². The molecular formula is C16H15ClN2OS2. The van der Waals surface area contributed by atoms with Crippen LogP contribution in [0.3, 0.4) is 0 Å². The lowest BCUT2D eigenvalue weighted by Crippen LogP contribution is -2.13. The van der Waals surface area contributed by atoms with Gasteiger partial charge in [0.25, 0.3) is 5.91 Å². The van der Waals surface area contributed by atoms with Gasteiger partial charge in [-0.3, -0.25) is 10.1 Å². The topological polar surface area (TPSA) is 42.0 Å². The Balaban J connectivity index is 1.82. The van der Waals surface area contributed by atoms with E-state index in [1.807, 2.05) is 29.6 Å². The summed E-state index contributed by atoms with van der Waals surface area (Å²) in [4.78, 5) is 17.5. The third kappa shape index (κ3) is 3.16. The zero-order valence-electron chi connectivity index (χ0n) is 12.4. The molecule has 0 unspecified atom stereocenters. The molecule has 1 amide bonds. The molecule has 0 aliphatic heterocycles.